The van der Waals surface area contributed by atoms with Crippen molar-refractivity contribution in [2.24, 2.45) is 5.92 Å². The largest absolute Gasteiger partial charge is 0.461 e. The highest BCUT2D eigenvalue weighted by molar-refractivity contribution is 7.20. The molecule has 0 bridgehead atoms. The Labute approximate surface area is 157 Å². The van der Waals surface area contributed by atoms with Crippen molar-refractivity contribution < 1.29 is 9.53 Å². The first kappa shape index (κ1) is 18.3. The van der Waals surface area contributed by atoms with Crippen molar-refractivity contribution in [2.45, 2.75) is 34.6 Å². The third kappa shape index (κ3) is 3.55. The summed E-state index contributed by atoms with van der Waals surface area (Å²) in [7, 11) is 0. The van der Waals surface area contributed by atoms with Crippen LogP contribution in [0.2, 0.25) is 0 Å². The van der Waals surface area contributed by atoms with Crippen LogP contribution in [0.3, 0.4) is 0 Å². The topological polar surface area (TPSA) is 64.1 Å². The van der Waals surface area contributed by atoms with E-state index in [2.05, 4.69) is 41.3 Å². The Morgan fingerprint density at radius 1 is 1.19 bits per heavy atom. The number of thiophene rings is 1. The van der Waals surface area contributed by atoms with Crippen LogP contribution in [0, 0.1) is 26.7 Å². The van der Waals surface area contributed by atoms with Gasteiger partial charge in [-0.25, -0.2) is 14.8 Å². The summed E-state index contributed by atoms with van der Waals surface area (Å²) in [5.41, 5.74) is 4.16. The van der Waals surface area contributed by atoms with Gasteiger partial charge >= 0.3 is 5.97 Å². The molecule has 1 aromatic carbocycles. The second-order valence-corrected chi connectivity index (χ2v) is 7.84. The zero-order chi connectivity index (χ0) is 18.8. The van der Waals surface area contributed by atoms with E-state index in [0.717, 1.165) is 32.6 Å². The zero-order valence-corrected chi connectivity index (χ0v) is 16.5. The lowest BCUT2D eigenvalue weighted by atomic mass is 10.1. The maximum Gasteiger partial charge on any atom is 0.348 e. The van der Waals surface area contributed by atoms with Crippen molar-refractivity contribution >= 4 is 39.0 Å². The number of para-hydroxylation sites is 1. The average molecular weight is 369 g/mol. The number of anilines is 2. The fourth-order valence-electron chi connectivity index (χ4n) is 2.80. The van der Waals surface area contributed by atoms with Gasteiger partial charge in [-0.3, -0.25) is 0 Å². The molecule has 26 heavy (non-hydrogen) atoms. The predicted octanol–water partition coefficient (Wildman–Crippen LogP) is 5.17. The molecule has 0 aliphatic heterocycles. The third-order valence-corrected chi connectivity index (χ3v) is 5.36. The number of esters is 1. The number of carbonyl (C=O) groups is 1. The molecule has 0 spiro atoms. The van der Waals surface area contributed by atoms with E-state index in [1.54, 1.807) is 0 Å². The molecule has 5 nitrogen and oxygen atoms in total. The fraction of sp³-hybridized carbons (Fsp3) is 0.350. The Bertz CT molecular complexity index is 943. The van der Waals surface area contributed by atoms with Crippen LogP contribution in [0.15, 0.2) is 24.5 Å². The van der Waals surface area contributed by atoms with E-state index < -0.39 is 0 Å². The van der Waals surface area contributed by atoms with Crippen LogP contribution in [0.1, 0.15) is 40.2 Å². The number of rotatable bonds is 5. The third-order valence-electron chi connectivity index (χ3n) is 4.18. The fourth-order valence-corrected chi connectivity index (χ4v) is 3.84. The van der Waals surface area contributed by atoms with Gasteiger partial charge in [-0.1, -0.05) is 32.0 Å². The van der Waals surface area contributed by atoms with Crippen molar-refractivity contribution in [1.29, 1.82) is 0 Å². The molecule has 6 heteroatoms. The quantitative estimate of drug-likeness (QED) is 0.628. The number of hydrogen-bond donors (Lipinski definition) is 1. The van der Waals surface area contributed by atoms with Gasteiger partial charge in [0.2, 0.25) is 0 Å². The monoisotopic (exact) mass is 369 g/mol. The van der Waals surface area contributed by atoms with E-state index in [1.165, 1.54) is 17.7 Å². The first-order valence-corrected chi connectivity index (χ1v) is 9.44. The van der Waals surface area contributed by atoms with Crippen LogP contribution in [0.5, 0.6) is 0 Å². The van der Waals surface area contributed by atoms with Gasteiger partial charge in [0.1, 0.15) is 21.9 Å². The summed E-state index contributed by atoms with van der Waals surface area (Å²) in [4.78, 5) is 22.6. The number of aryl methyl sites for hydroxylation is 3. The lowest BCUT2D eigenvalue weighted by Crippen LogP contribution is -2.09. The Kier molecular flexibility index (Phi) is 5.23. The van der Waals surface area contributed by atoms with Gasteiger partial charge in [-0.05, 0) is 43.4 Å². The minimum absolute atomic E-state index is 0.294. The number of nitrogens with zero attached hydrogens (tertiary/aromatic N) is 2. The van der Waals surface area contributed by atoms with Crippen molar-refractivity contribution in [1.82, 2.24) is 9.97 Å². The van der Waals surface area contributed by atoms with E-state index in [0.29, 0.717) is 23.2 Å². The van der Waals surface area contributed by atoms with E-state index in [-0.39, 0.29) is 5.97 Å². The molecule has 0 saturated heterocycles. The minimum atomic E-state index is -0.294. The molecule has 1 N–H and O–H groups in total. The van der Waals surface area contributed by atoms with Gasteiger partial charge in [0.25, 0.3) is 0 Å². The number of carbonyl (C=O) groups excluding carboxylic acids is 1. The van der Waals surface area contributed by atoms with Crippen molar-refractivity contribution in [3.63, 3.8) is 0 Å². The maximum absolute atomic E-state index is 12.4. The lowest BCUT2D eigenvalue weighted by molar-refractivity contribution is 0.0464. The second-order valence-electron chi connectivity index (χ2n) is 6.84. The Morgan fingerprint density at radius 3 is 2.54 bits per heavy atom. The molecular weight excluding hydrogens is 346 g/mol. The summed E-state index contributed by atoms with van der Waals surface area (Å²) in [6, 6.07) is 6.15. The van der Waals surface area contributed by atoms with E-state index in [9.17, 15) is 4.79 Å². The SMILES string of the molecule is Cc1cccc(C)c1Nc1ncnc2sc(C(=O)OCC(C)C)c(C)c12. The molecule has 0 fully saturated rings. The van der Waals surface area contributed by atoms with Crippen LogP contribution in [-0.4, -0.2) is 22.5 Å². The molecule has 3 aromatic rings. The smallest absolute Gasteiger partial charge is 0.348 e. The molecule has 0 aliphatic carbocycles. The summed E-state index contributed by atoms with van der Waals surface area (Å²) in [6.07, 6.45) is 1.53. The highest BCUT2D eigenvalue weighted by atomic mass is 32.1. The number of nitrogens with one attached hydrogen (secondary N) is 1. The normalized spacial score (nSPS) is 11.2. The molecule has 0 amide bonds. The van der Waals surface area contributed by atoms with Gasteiger partial charge in [0, 0.05) is 5.69 Å². The number of fused-ring (bicyclic) bond motifs is 1. The lowest BCUT2D eigenvalue weighted by Gasteiger charge is -2.13. The van der Waals surface area contributed by atoms with Gasteiger partial charge in [-0.15, -0.1) is 11.3 Å². The Balaban J connectivity index is 2.01. The average Bonchev–Trinajstić information content (AvgIpc) is 2.94. The Morgan fingerprint density at radius 2 is 1.88 bits per heavy atom. The van der Waals surface area contributed by atoms with E-state index in [1.807, 2.05) is 26.8 Å². The molecule has 0 saturated carbocycles. The number of aromatic nitrogens is 2. The van der Waals surface area contributed by atoms with Gasteiger partial charge in [0.05, 0.1) is 12.0 Å². The van der Waals surface area contributed by atoms with Crippen LogP contribution >= 0.6 is 11.3 Å². The van der Waals surface area contributed by atoms with Crippen LogP contribution in [0.25, 0.3) is 10.2 Å². The standard InChI is InChI=1S/C20H23N3O2S/c1-11(2)9-25-20(24)17-14(5)15-18(21-10-22-19(15)26-17)23-16-12(3)7-6-8-13(16)4/h6-8,10-11H,9H2,1-5H3,(H,21,22,23). The summed E-state index contributed by atoms with van der Waals surface area (Å²) in [5, 5.41) is 4.30. The van der Waals surface area contributed by atoms with Crippen LogP contribution in [0.4, 0.5) is 11.5 Å². The molecule has 136 valence electrons. The summed E-state index contributed by atoms with van der Waals surface area (Å²) >= 11 is 1.35. The highest BCUT2D eigenvalue weighted by Crippen LogP contribution is 2.35. The molecule has 3 rings (SSSR count). The highest BCUT2D eigenvalue weighted by Gasteiger charge is 2.21. The molecule has 2 heterocycles. The Hall–Kier alpha value is -2.47. The van der Waals surface area contributed by atoms with Gasteiger partial charge in [-0.2, -0.15) is 0 Å². The molecule has 0 radical (unpaired) electrons. The van der Waals surface area contributed by atoms with E-state index in [4.69, 9.17) is 4.74 Å². The number of benzene rings is 1. The van der Waals surface area contributed by atoms with Crippen molar-refractivity contribution in [3.05, 3.63) is 46.1 Å². The maximum atomic E-state index is 12.4. The molecule has 0 atom stereocenters. The molecule has 2 aromatic heterocycles. The zero-order valence-electron chi connectivity index (χ0n) is 15.7. The van der Waals surface area contributed by atoms with Gasteiger partial charge in [0.15, 0.2) is 0 Å². The van der Waals surface area contributed by atoms with E-state index >= 15 is 0 Å². The molecule has 0 unspecified atom stereocenters. The first-order valence-electron chi connectivity index (χ1n) is 8.63. The van der Waals surface area contributed by atoms with Crippen molar-refractivity contribution in [3.8, 4) is 0 Å². The summed E-state index contributed by atoms with van der Waals surface area (Å²) in [5.74, 6) is 0.718. The summed E-state index contributed by atoms with van der Waals surface area (Å²) < 4.78 is 5.40. The predicted molar refractivity (Wildman–Crippen MR) is 106 cm³/mol. The molecule has 0 aliphatic rings. The first-order chi connectivity index (χ1) is 12.4. The van der Waals surface area contributed by atoms with Gasteiger partial charge < -0.3 is 10.1 Å². The number of ether oxygens (including phenoxy) is 1. The van der Waals surface area contributed by atoms with Crippen molar-refractivity contribution in [2.75, 3.05) is 11.9 Å². The second kappa shape index (κ2) is 7.41. The van der Waals surface area contributed by atoms with Crippen LogP contribution < -0.4 is 5.32 Å². The minimum Gasteiger partial charge on any atom is -0.461 e. The molecular formula is C20H23N3O2S. The van der Waals surface area contributed by atoms with Crippen LogP contribution in [-0.2, 0) is 4.74 Å². The number of hydrogen-bond acceptors (Lipinski definition) is 6. The summed E-state index contributed by atoms with van der Waals surface area (Å²) in [6.45, 7) is 10.5.